The first kappa shape index (κ1) is 24.3. The lowest BCUT2D eigenvalue weighted by atomic mass is 10.0. The van der Waals surface area contributed by atoms with Crippen molar-refractivity contribution in [2.45, 2.75) is 45.3 Å². The Morgan fingerprint density at radius 1 is 1.11 bits per heavy atom. The topological polar surface area (TPSA) is 100.0 Å². The number of carbonyl (C=O) groups is 2. The minimum atomic E-state index is -0.888. The van der Waals surface area contributed by atoms with Crippen molar-refractivity contribution in [1.82, 2.24) is 9.55 Å². The molecule has 4 rings (SSSR count). The van der Waals surface area contributed by atoms with E-state index in [0.717, 1.165) is 24.1 Å². The maximum atomic E-state index is 12.9. The Morgan fingerprint density at radius 3 is 2.63 bits per heavy atom. The van der Waals surface area contributed by atoms with Crippen molar-refractivity contribution < 1.29 is 23.8 Å². The van der Waals surface area contributed by atoms with Gasteiger partial charge in [-0.2, -0.15) is 0 Å². The van der Waals surface area contributed by atoms with Crippen LogP contribution >= 0.6 is 0 Å². The van der Waals surface area contributed by atoms with Gasteiger partial charge in [0.25, 0.3) is 11.5 Å². The number of amides is 1. The normalized spacial score (nSPS) is 13.7. The zero-order chi connectivity index (χ0) is 24.9. The number of aromatic nitrogens is 2. The third-order valence-corrected chi connectivity index (χ3v) is 6.14. The minimum absolute atomic E-state index is 0.0740. The summed E-state index contributed by atoms with van der Waals surface area (Å²) in [4.78, 5) is 44.2. The summed E-state index contributed by atoms with van der Waals surface area (Å²) in [5.41, 5.74) is 2.26. The molecule has 1 amide bonds. The number of nitrogens with zero attached hydrogens (tertiary/aromatic N) is 3. The molecule has 0 aliphatic carbocycles. The van der Waals surface area contributed by atoms with Gasteiger partial charge in [-0.15, -0.1) is 0 Å². The van der Waals surface area contributed by atoms with Crippen molar-refractivity contribution in [3.8, 4) is 11.5 Å². The summed E-state index contributed by atoms with van der Waals surface area (Å²) in [5.74, 6) is 0.216. The van der Waals surface area contributed by atoms with Crippen molar-refractivity contribution in [3.05, 3.63) is 58.6 Å². The van der Waals surface area contributed by atoms with Crippen LogP contribution in [-0.2, 0) is 27.3 Å². The monoisotopic (exact) mass is 479 g/mol. The number of ether oxygens (including phenoxy) is 3. The average Bonchev–Trinajstić information content (AvgIpc) is 2.88. The summed E-state index contributed by atoms with van der Waals surface area (Å²) >= 11 is 0. The van der Waals surface area contributed by atoms with Gasteiger partial charge in [-0.25, -0.2) is 4.98 Å². The van der Waals surface area contributed by atoms with Crippen LogP contribution in [0.25, 0.3) is 10.9 Å². The lowest BCUT2D eigenvalue weighted by Gasteiger charge is -2.31. The SMILES string of the molecule is COc1cc2ncn(CCCC(=O)O[C@H](C)C(=O)N3CCCc4ccccc43)c(=O)c2cc1OC. The number of fused-ring (bicyclic) bond motifs is 2. The molecule has 0 fully saturated rings. The second-order valence-electron chi connectivity index (χ2n) is 8.43. The summed E-state index contributed by atoms with van der Waals surface area (Å²) in [6.07, 6.45) is 2.80. The van der Waals surface area contributed by atoms with E-state index in [9.17, 15) is 14.4 Å². The summed E-state index contributed by atoms with van der Waals surface area (Å²) in [6.45, 7) is 2.48. The Balaban J connectivity index is 1.35. The molecule has 2 aromatic carbocycles. The van der Waals surface area contributed by atoms with Crippen LogP contribution in [0, 0.1) is 0 Å². The second-order valence-corrected chi connectivity index (χ2v) is 8.43. The van der Waals surface area contributed by atoms with E-state index in [4.69, 9.17) is 14.2 Å². The van der Waals surface area contributed by atoms with E-state index in [2.05, 4.69) is 4.98 Å². The number of hydrogen-bond acceptors (Lipinski definition) is 7. The highest BCUT2D eigenvalue weighted by Crippen LogP contribution is 2.30. The van der Waals surface area contributed by atoms with Crippen LogP contribution in [-0.4, -0.2) is 48.3 Å². The van der Waals surface area contributed by atoms with Crippen molar-refractivity contribution >= 4 is 28.5 Å². The number of esters is 1. The van der Waals surface area contributed by atoms with E-state index < -0.39 is 12.1 Å². The van der Waals surface area contributed by atoms with E-state index in [0.29, 0.717) is 35.4 Å². The van der Waals surface area contributed by atoms with Gasteiger partial charge in [-0.1, -0.05) is 18.2 Å². The molecule has 0 saturated heterocycles. The zero-order valence-corrected chi connectivity index (χ0v) is 20.2. The van der Waals surface area contributed by atoms with Crippen molar-refractivity contribution in [1.29, 1.82) is 0 Å². The van der Waals surface area contributed by atoms with Gasteiger partial charge >= 0.3 is 5.97 Å². The molecule has 9 nitrogen and oxygen atoms in total. The van der Waals surface area contributed by atoms with Gasteiger partial charge in [0.15, 0.2) is 17.6 Å². The lowest BCUT2D eigenvalue weighted by Crippen LogP contribution is -2.42. The number of rotatable bonds is 8. The van der Waals surface area contributed by atoms with Crippen molar-refractivity contribution in [2.24, 2.45) is 0 Å². The van der Waals surface area contributed by atoms with Crippen molar-refractivity contribution in [2.75, 3.05) is 25.7 Å². The predicted molar refractivity (Wildman–Crippen MR) is 131 cm³/mol. The van der Waals surface area contributed by atoms with Crippen LogP contribution < -0.4 is 19.9 Å². The lowest BCUT2D eigenvalue weighted by molar-refractivity contribution is -0.154. The van der Waals surface area contributed by atoms with Crippen LogP contribution in [0.2, 0.25) is 0 Å². The first-order chi connectivity index (χ1) is 16.9. The molecule has 0 saturated carbocycles. The summed E-state index contributed by atoms with van der Waals surface area (Å²) < 4.78 is 17.4. The highest BCUT2D eigenvalue weighted by Gasteiger charge is 2.28. The number of carbonyl (C=O) groups excluding carboxylic acids is 2. The summed E-state index contributed by atoms with van der Waals surface area (Å²) in [5, 5.41) is 0.397. The maximum Gasteiger partial charge on any atom is 0.306 e. The van der Waals surface area contributed by atoms with Gasteiger partial charge in [0.1, 0.15) is 0 Å². The molecule has 2 heterocycles. The molecular formula is C26H29N3O6. The Bertz CT molecular complexity index is 1300. The molecule has 0 N–H and O–H groups in total. The number of benzene rings is 2. The van der Waals surface area contributed by atoms with E-state index in [1.165, 1.54) is 25.1 Å². The quantitative estimate of drug-likeness (QED) is 0.458. The minimum Gasteiger partial charge on any atom is -0.493 e. The van der Waals surface area contributed by atoms with Crippen molar-refractivity contribution in [3.63, 3.8) is 0 Å². The molecule has 1 aliphatic heterocycles. The van der Waals surface area contributed by atoms with Gasteiger partial charge in [0, 0.05) is 31.3 Å². The van der Waals surface area contributed by atoms with Crippen LogP contribution in [0.1, 0.15) is 31.7 Å². The Morgan fingerprint density at radius 2 is 1.86 bits per heavy atom. The second kappa shape index (κ2) is 10.6. The fourth-order valence-corrected chi connectivity index (χ4v) is 4.33. The van der Waals surface area contributed by atoms with E-state index in [1.54, 1.807) is 24.0 Å². The van der Waals surface area contributed by atoms with Crippen LogP contribution in [0.15, 0.2) is 47.5 Å². The number of anilines is 1. The first-order valence-corrected chi connectivity index (χ1v) is 11.6. The molecule has 0 radical (unpaired) electrons. The average molecular weight is 480 g/mol. The predicted octanol–water partition coefficient (Wildman–Crippen LogP) is 3.11. The Kier molecular flexibility index (Phi) is 7.33. The summed E-state index contributed by atoms with van der Waals surface area (Å²) in [6, 6.07) is 11.0. The smallest absolute Gasteiger partial charge is 0.306 e. The van der Waals surface area contributed by atoms with Gasteiger partial charge in [-0.3, -0.25) is 19.0 Å². The van der Waals surface area contributed by atoms with Crippen LogP contribution in [0.4, 0.5) is 5.69 Å². The highest BCUT2D eigenvalue weighted by atomic mass is 16.5. The molecule has 1 atom stereocenters. The third kappa shape index (κ3) is 5.13. The largest absolute Gasteiger partial charge is 0.493 e. The third-order valence-electron chi connectivity index (χ3n) is 6.14. The Hall–Kier alpha value is -3.88. The number of para-hydroxylation sites is 1. The molecule has 184 valence electrons. The first-order valence-electron chi connectivity index (χ1n) is 11.6. The molecular weight excluding hydrogens is 450 g/mol. The van der Waals surface area contributed by atoms with Gasteiger partial charge in [0.05, 0.1) is 31.4 Å². The standard InChI is InChI=1S/C26H29N3O6/c1-17(25(31)29-13-6-9-18-8-4-5-10-21(18)29)35-24(30)11-7-12-28-16-27-20-15-23(34-3)22(33-2)14-19(20)26(28)32/h4-5,8,10,14-17H,6-7,9,11-13H2,1-3H3/t17-/m1/s1. The zero-order valence-electron chi connectivity index (χ0n) is 20.2. The molecule has 0 bridgehead atoms. The Labute approximate surface area is 203 Å². The fraction of sp³-hybridized carbons (Fsp3) is 0.385. The van der Waals surface area contributed by atoms with Crippen LogP contribution in [0.5, 0.6) is 11.5 Å². The van der Waals surface area contributed by atoms with E-state index in [-0.39, 0.29) is 24.4 Å². The molecule has 9 heteroatoms. The summed E-state index contributed by atoms with van der Waals surface area (Å²) in [7, 11) is 3.02. The fourth-order valence-electron chi connectivity index (χ4n) is 4.33. The van der Waals surface area contributed by atoms with Gasteiger partial charge in [-0.05, 0) is 43.9 Å². The van der Waals surface area contributed by atoms with Gasteiger partial charge < -0.3 is 19.1 Å². The number of hydrogen-bond donors (Lipinski definition) is 0. The van der Waals surface area contributed by atoms with Crippen LogP contribution in [0.3, 0.4) is 0 Å². The number of methoxy groups -OCH3 is 2. The molecule has 0 spiro atoms. The van der Waals surface area contributed by atoms with E-state index in [1.807, 2.05) is 24.3 Å². The molecule has 1 aromatic heterocycles. The maximum absolute atomic E-state index is 12.9. The van der Waals surface area contributed by atoms with E-state index >= 15 is 0 Å². The molecule has 1 aliphatic rings. The molecule has 35 heavy (non-hydrogen) atoms. The highest BCUT2D eigenvalue weighted by molar-refractivity contribution is 5.98. The molecule has 0 unspecified atom stereocenters. The van der Waals surface area contributed by atoms with Gasteiger partial charge in [0.2, 0.25) is 0 Å². The molecule has 3 aromatic rings. The number of aryl methyl sites for hydroxylation is 2.